The summed E-state index contributed by atoms with van der Waals surface area (Å²) in [7, 11) is 0. The van der Waals surface area contributed by atoms with E-state index in [1.54, 1.807) is 32.1 Å². The van der Waals surface area contributed by atoms with Crippen molar-refractivity contribution in [3.63, 3.8) is 0 Å². The maximum atomic E-state index is 1.99. The lowest BCUT2D eigenvalue weighted by atomic mass is 9.66. The Hall–Kier alpha value is -0.260. The van der Waals surface area contributed by atoms with Crippen molar-refractivity contribution in [2.45, 2.75) is 70.6 Å². The first-order valence-corrected chi connectivity index (χ1v) is 8.12. The van der Waals surface area contributed by atoms with Crippen molar-refractivity contribution in [1.82, 2.24) is 0 Å². The summed E-state index contributed by atoms with van der Waals surface area (Å²) in [6.07, 6.45) is 16.9. The van der Waals surface area contributed by atoms with Crippen molar-refractivity contribution in [2.75, 3.05) is 0 Å². The Bertz CT molecular complexity index is 338. The molecule has 4 bridgehead atoms. The summed E-state index contributed by atoms with van der Waals surface area (Å²) in [6.45, 7) is 0. The van der Waals surface area contributed by atoms with Gasteiger partial charge in [0.2, 0.25) is 0 Å². The van der Waals surface area contributed by atoms with Crippen LogP contribution in [0.5, 0.6) is 0 Å². The molecule has 0 nitrogen and oxygen atoms in total. The molecule has 0 amide bonds. The molecule has 0 aromatic heterocycles. The number of allylic oxidation sites excluding steroid dienone is 2. The summed E-state index contributed by atoms with van der Waals surface area (Å²) in [5.74, 6) is 4.31. The lowest BCUT2D eigenvalue weighted by Crippen LogP contribution is -2.25. The molecule has 4 aliphatic rings. The number of hydrogen-bond acceptors (Lipinski definition) is 0. The quantitative estimate of drug-likeness (QED) is 0.508. The van der Waals surface area contributed by atoms with Crippen molar-refractivity contribution in [3.05, 3.63) is 11.1 Å². The Balaban J connectivity index is 1.63. The van der Waals surface area contributed by atoms with Crippen LogP contribution in [0.2, 0.25) is 0 Å². The van der Waals surface area contributed by atoms with Gasteiger partial charge < -0.3 is 0 Å². The van der Waals surface area contributed by atoms with Gasteiger partial charge in [0.15, 0.2) is 0 Å². The number of fused-ring (bicyclic) bond motifs is 4. The minimum absolute atomic E-state index is 1.04. The van der Waals surface area contributed by atoms with Gasteiger partial charge in [-0.15, -0.1) is 0 Å². The zero-order chi connectivity index (χ0) is 11.2. The molecule has 4 aliphatic carbocycles. The molecule has 4 unspecified atom stereocenters. The fourth-order valence-electron chi connectivity index (χ4n) is 5.50. The summed E-state index contributed by atoms with van der Waals surface area (Å²) in [5.41, 5.74) is 3.98. The molecule has 0 radical (unpaired) electrons. The molecule has 0 saturated heterocycles. The maximum Gasteiger partial charge on any atom is -0.0198 e. The molecule has 4 atom stereocenters. The van der Waals surface area contributed by atoms with Gasteiger partial charge in [0.05, 0.1) is 0 Å². The van der Waals surface area contributed by atoms with Crippen LogP contribution >= 0.6 is 0 Å². The van der Waals surface area contributed by atoms with E-state index >= 15 is 0 Å². The monoisotopic (exact) mass is 230 g/mol. The molecule has 94 valence electrons. The molecule has 4 fully saturated rings. The Morgan fingerprint density at radius 1 is 0.588 bits per heavy atom. The molecule has 0 aromatic rings. The lowest BCUT2D eigenvalue weighted by molar-refractivity contribution is 0.236. The largest absolute Gasteiger partial charge is 0.0676 e. The fourth-order valence-corrected chi connectivity index (χ4v) is 5.50. The van der Waals surface area contributed by atoms with Crippen LogP contribution in [0.4, 0.5) is 0 Å². The predicted molar refractivity (Wildman–Crippen MR) is 71.8 cm³/mol. The van der Waals surface area contributed by atoms with E-state index in [0.717, 1.165) is 23.7 Å². The molecule has 0 heterocycles. The van der Waals surface area contributed by atoms with Gasteiger partial charge in [0.25, 0.3) is 0 Å². The summed E-state index contributed by atoms with van der Waals surface area (Å²) in [4.78, 5) is 0. The first kappa shape index (κ1) is 10.6. The molecule has 4 saturated carbocycles. The number of hydrogen-bond donors (Lipinski definition) is 0. The minimum atomic E-state index is 1.04. The zero-order valence-electron chi connectivity index (χ0n) is 11.1. The normalized spacial score (nSPS) is 49.4. The van der Waals surface area contributed by atoms with Gasteiger partial charge in [-0.2, -0.15) is 0 Å². The highest BCUT2D eigenvalue weighted by atomic mass is 14.4. The van der Waals surface area contributed by atoms with Crippen LogP contribution in [0.3, 0.4) is 0 Å². The zero-order valence-corrected chi connectivity index (χ0v) is 11.1. The van der Waals surface area contributed by atoms with E-state index in [1.807, 2.05) is 11.1 Å². The van der Waals surface area contributed by atoms with Crippen LogP contribution < -0.4 is 0 Å². The van der Waals surface area contributed by atoms with E-state index in [0.29, 0.717) is 0 Å². The maximum absolute atomic E-state index is 1.99. The van der Waals surface area contributed by atoms with E-state index in [2.05, 4.69) is 0 Å². The molecule has 0 heteroatoms. The molecule has 0 N–H and O–H groups in total. The second kappa shape index (κ2) is 4.14. The fraction of sp³-hybridized carbons (Fsp3) is 0.882. The first-order chi connectivity index (χ1) is 8.40. The third kappa shape index (κ3) is 1.79. The summed E-state index contributed by atoms with van der Waals surface area (Å²) >= 11 is 0. The third-order valence-electron chi connectivity index (χ3n) is 6.37. The molecular weight excluding hydrogens is 204 g/mol. The van der Waals surface area contributed by atoms with E-state index < -0.39 is 0 Å². The second-order valence-electron chi connectivity index (χ2n) is 7.23. The first-order valence-electron chi connectivity index (χ1n) is 8.12. The second-order valence-corrected chi connectivity index (χ2v) is 7.23. The summed E-state index contributed by atoms with van der Waals surface area (Å²) < 4.78 is 0. The lowest BCUT2D eigenvalue weighted by Gasteiger charge is -2.39. The van der Waals surface area contributed by atoms with E-state index in [9.17, 15) is 0 Å². The summed E-state index contributed by atoms with van der Waals surface area (Å²) in [6, 6.07) is 0. The SMILES string of the molecule is C1CC2CCC(=C3CCC4CCC3C4)C(C1)C2. The molecule has 0 aliphatic heterocycles. The van der Waals surface area contributed by atoms with Crippen LogP contribution in [-0.2, 0) is 0 Å². The van der Waals surface area contributed by atoms with Crippen LogP contribution in [-0.4, -0.2) is 0 Å². The molecule has 4 rings (SSSR count). The van der Waals surface area contributed by atoms with Crippen LogP contribution in [0, 0.1) is 23.7 Å². The van der Waals surface area contributed by atoms with Crippen LogP contribution in [0.1, 0.15) is 70.6 Å². The smallest absolute Gasteiger partial charge is 0.0198 e. The Morgan fingerprint density at radius 3 is 2.00 bits per heavy atom. The van der Waals surface area contributed by atoms with Crippen molar-refractivity contribution in [2.24, 2.45) is 23.7 Å². The molecule has 17 heavy (non-hydrogen) atoms. The summed E-state index contributed by atoms with van der Waals surface area (Å²) in [5, 5.41) is 0. The topological polar surface area (TPSA) is 0 Å². The van der Waals surface area contributed by atoms with Gasteiger partial charge in [-0.25, -0.2) is 0 Å². The number of rotatable bonds is 0. The average Bonchev–Trinajstić information content (AvgIpc) is 2.74. The van der Waals surface area contributed by atoms with Gasteiger partial charge in [-0.3, -0.25) is 0 Å². The molecule has 0 spiro atoms. The predicted octanol–water partition coefficient (Wildman–Crippen LogP) is 5.09. The van der Waals surface area contributed by atoms with Crippen molar-refractivity contribution in [1.29, 1.82) is 0 Å². The van der Waals surface area contributed by atoms with Gasteiger partial charge in [0, 0.05) is 0 Å². The van der Waals surface area contributed by atoms with Gasteiger partial charge in [0.1, 0.15) is 0 Å². The van der Waals surface area contributed by atoms with Crippen molar-refractivity contribution in [3.8, 4) is 0 Å². The average molecular weight is 230 g/mol. The van der Waals surface area contributed by atoms with Crippen molar-refractivity contribution < 1.29 is 0 Å². The third-order valence-corrected chi connectivity index (χ3v) is 6.37. The van der Waals surface area contributed by atoms with E-state index in [-0.39, 0.29) is 0 Å². The Kier molecular flexibility index (Phi) is 2.59. The highest BCUT2D eigenvalue weighted by molar-refractivity contribution is 5.25. The highest BCUT2D eigenvalue weighted by Gasteiger charge is 2.37. The van der Waals surface area contributed by atoms with Gasteiger partial charge >= 0.3 is 0 Å². The van der Waals surface area contributed by atoms with Gasteiger partial charge in [-0.1, -0.05) is 24.0 Å². The minimum Gasteiger partial charge on any atom is -0.0676 e. The van der Waals surface area contributed by atoms with Crippen LogP contribution in [0.25, 0.3) is 0 Å². The molecule has 0 aromatic carbocycles. The van der Waals surface area contributed by atoms with Crippen molar-refractivity contribution >= 4 is 0 Å². The Morgan fingerprint density at radius 2 is 1.24 bits per heavy atom. The van der Waals surface area contributed by atoms with E-state index in [1.165, 1.54) is 38.5 Å². The highest BCUT2D eigenvalue weighted by Crippen LogP contribution is 2.51. The standard InChI is InChI=1S/C17H26/c1-2-12-5-8-16(14(3-1)10-12)17-9-6-13-4-7-15(17)11-13/h12-15H,1-11H2. The molecular formula is C17H26. The Labute approximate surface area is 106 Å². The van der Waals surface area contributed by atoms with E-state index in [4.69, 9.17) is 0 Å². The van der Waals surface area contributed by atoms with Gasteiger partial charge in [-0.05, 0) is 81.5 Å². The van der Waals surface area contributed by atoms with Crippen LogP contribution in [0.15, 0.2) is 11.1 Å².